The molecule has 11 heteroatoms. The number of amides is 2. The molecule has 0 fully saturated rings. The maximum atomic E-state index is 13.1. The molecule has 10 nitrogen and oxygen atoms in total. The van der Waals surface area contributed by atoms with Gasteiger partial charge in [0.1, 0.15) is 5.75 Å². The zero-order chi connectivity index (χ0) is 29.3. The number of methoxy groups -OCH3 is 2. The van der Waals surface area contributed by atoms with E-state index in [9.17, 15) is 18.0 Å². The predicted octanol–water partition coefficient (Wildman–Crippen LogP) is 3.87. The number of hydrogen-bond acceptors (Lipinski definition) is 7. The normalized spacial score (nSPS) is 11.7. The Morgan fingerprint density at radius 1 is 0.950 bits per heavy atom. The number of anilines is 2. The summed E-state index contributed by atoms with van der Waals surface area (Å²) in [5.41, 5.74) is 2.13. The number of carbonyl (C=O) groups excluding carboxylic acids is 2. The molecule has 0 heterocycles. The third kappa shape index (κ3) is 7.89. The molecule has 0 unspecified atom stereocenters. The molecule has 1 atom stereocenters. The number of rotatable bonds is 13. The van der Waals surface area contributed by atoms with E-state index in [0.29, 0.717) is 53.6 Å². The van der Waals surface area contributed by atoms with Crippen molar-refractivity contribution in [1.82, 2.24) is 5.32 Å². The number of benzene rings is 3. The molecule has 3 aromatic carbocycles. The van der Waals surface area contributed by atoms with Crippen LogP contribution in [0.4, 0.5) is 11.4 Å². The average molecular weight is 570 g/mol. The molecule has 40 heavy (non-hydrogen) atoms. The molecule has 214 valence electrons. The third-order valence-electron chi connectivity index (χ3n) is 6.22. The number of ether oxygens (including phenoxy) is 3. The quantitative estimate of drug-likeness (QED) is 0.320. The maximum Gasteiger partial charge on any atom is 0.265 e. The minimum Gasteiger partial charge on any atom is -0.493 e. The average Bonchev–Trinajstić information content (AvgIpc) is 2.95. The van der Waals surface area contributed by atoms with Crippen LogP contribution < -0.4 is 29.1 Å². The van der Waals surface area contributed by atoms with Crippen molar-refractivity contribution in [3.8, 4) is 17.2 Å². The van der Waals surface area contributed by atoms with E-state index >= 15 is 0 Å². The van der Waals surface area contributed by atoms with Crippen molar-refractivity contribution in [1.29, 1.82) is 0 Å². The number of carbonyl (C=O) groups is 2. The van der Waals surface area contributed by atoms with Crippen LogP contribution in [0.3, 0.4) is 0 Å². The lowest BCUT2D eigenvalue weighted by molar-refractivity contribution is -0.122. The van der Waals surface area contributed by atoms with E-state index in [1.54, 1.807) is 62.8 Å². The summed E-state index contributed by atoms with van der Waals surface area (Å²) in [7, 11) is 1.20. The Labute approximate surface area is 235 Å². The maximum absolute atomic E-state index is 13.1. The smallest absolute Gasteiger partial charge is 0.265 e. The Morgan fingerprint density at radius 2 is 1.62 bits per heavy atom. The largest absolute Gasteiger partial charge is 0.493 e. The summed E-state index contributed by atoms with van der Waals surface area (Å²) in [6.45, 7) is 2.19. The van der Waals surface area contributed by atoms with Crippen LogP contribution >= 0.6 is 0 Å². The lowest BCUT2D eigenvalue weighted by Crippen LogP contribution is -2.33. The molecule has 3 aromatic rings. The molecule has 3 rings (SSSR count). The van der Waals surface area contributed by atoms with Gasteiger partial charge in [0.05, 0.1) is 37.4 Å². The SMILES string of the molecule is CC[C@H](Oc1ccc(N(C)S(C)(=O)=O)cc1)C(=O)Nc1ccccc1C(=O)NCCc1ccc(OC)c(OC)c1. The fraction of sp³-hybridized carbons (Fsp3) is 0.310. The molecule has 0 spiro atoms. The summed E-state index contributed by atoms with van der Waals surface area (Å²) in [6, 6.07) is 18.7. The fourth-order valence-corrected chi connectivity index (χ4v) is 4.37. The highest BCUT2D eigenvalue weighted by atomic mass is 32.2. The first kappa shape index (κ1) is 30.3. The standard InChI is InChI=1S/C29H35N3O7S/c1-6-25(39-22-14-12-21(13-15-22)32(2)40(5,35)36)29(34)31-24-10-8-7-9-23(24)28(33)30-18-17-20-11-16-26(37-3)27(19-20)38-4/h7-16,19,25H,6,17-18H2,1-5H3,(H,30,33)(H,31,34)/t25-/m0/s1. The molecule has 0 aliphatic heterocycles. The van der Waals surface area contributed by atoms with Crippen molar-refractivity contribution in [2.24, 2.45) is 0 Å². The second-order valence-corrected chi connectivity index (χ2v) is 11.0. The van der Waals surface area contributed by atoms with Gasteiger partial charge in [0, 0.05) is 13.6 Å². The van der Waals surface area contributed by atoms with Gasteiger partial charge >= 0.3 is 0 Å². The number of nitrogens with zero attached hydrogens (tertiary/aromatic N) is 1. The molecule has 0 aliphatic rings. The Hall–Kier alpha value is -4.25. The van der Waals surface area contributed by atoms with Crippen molar-refractivity contribution in [3.63, 3.8) is 0 Å². The highest BCUT2D eigenvalue weighted by molar-refractivity contribution is 7.92. The minimum atomic E-state index is -3.40. The predicted molar refractivity (Wildman–Crippen MR) is 155 cm³/mol. The van der Waals surface area contributed by atoms with Gasteiger partial charge in [-0.05, 0) is 66.9 Å². The molecule has 2 N–H and O–H groups in total. The van der Waals surface area contributed by atoms with E-state index in [4.69, 9.17) is 14.2 Å². The van der Waals surface area contributed by atoms with Crippen LogP contribution in [0.1, 0.15) is 29.3 Å². The summed E-state index contributed by atoms with van der Waals surface area (Å²) in [5, 5.41) is 5.70. The van der Waals surface area contributed by atoms with E-state index in [2.05, 4.69) is 10.6 Å². The lowest BCUT2D eigenvalue weighted by Gasteiger charge is -2.20. The van der Waals surface area contributed by atoms with E-state index < -0.39 is 22.0 Å². The van der Waals surface area contributed by atoms with E-state index in [1.807, 2.05) is 25.1 Å². The summed E-state index contributed by atoms with van der Waals surface area (Å²) in [5.74, 6) is 0.922. The Kier molecular flexibility index (Phi) is 10.4. The van der Waals surface area contributed by atoms with Gasteiger partial charge in [-0.15, -0.1) is 0 Å². The molecule has 0 saturated carbocycles. The highest BCUT2D eigenvalue weighted by Gasteiger charge is 2.21. The van der Waals surface area contributed by atoms with Crippen molar-refractivity contribution in [2.45, 2.75) is 25.9 Å². The molecule has 0 radical (unpaired) electrons. The first-order chi connectivity index (χ1) is 19.1. The Balaban J connectivity index is 1.62. The molecule has 0 bridgehead atoms. The van der Waals surface area contributed by atoms with Crippen LogP contribution in [0.15, 0.2) is 66.7 Å². The van der Waals surface area contributed by atoms with Gasteiger partial charge in [-0.3, -0.25) is 13.9 Å². The second kappa shape index (κ2) is 13.7. The number of sulfonamides is 1. The zero-order valence-corrected chi connectivity index (χ0v) is 24.1. The summed E-state index contributed by atoms with van der Waals surface area (Å²) < 4.78 is 41.1. The summed E-state index contributed by atoms with van der Waals surface area (Å²) in [6.07, 6.45) is 1.23. The van der Waals surface area contributed by atoms with Crippen LogP contribution in [0.2, 0.25) is 0 Å². The van der Waals surface area contributed by atoms with Crippen molar-refractivity contribution >= 4 is 33.2 Å². The van der Waals surface area contributed by atoms with Gasteiger partial charge in [0.25, 0.3) is 11.8 Å². The minimum absolute atomic E-state index is 0.323. The second-order valence-electron chi connectivity index (χ2n) is 8.97. The monoisotopic (exact) mass is 569 g/mol. The molecular weight excluding hydrogens is 534 g/mol. The summed E-state index contributed by atoms with van der Waals surface area (Å²) in [4.78, 5) is 26.0. The molecule has 2 amide bonds. The van der Waals surface area contributed by atoms with E-state index in [-0.39, 0.29) is 5.91 Å². The first-order valence-electron chi connectivity index (χ1n) is 12.7. The molecular formula is C29H35N3O7S. The number of para-hydroxylation sites is 1. The van der Waals surface area contributed by atoms with Gasteiger partial charge in [0.2, 0.25) is 10.0 Å². The van der Waals surface area contributed by atoms with Crippen molar-refractivity contribution in [2.75, 3.05) is 43.7 Å². The molecule has 0 aromatic heterocycles. The van der Waals surface area contributed by atoms with Crippen molar-refractivity contribution < 1.29 is 32.2 Å². The van der Waals surface area contributed by atoms with Gasteiger partial charge in [-0.2, -0.15) is 0 Å². The van der Waals surface area contributed by atoms with E-state index in [0.717, 1.165) is 16.1 Å². The summed E-state index contributed by atoms with van der Waals surface area (Å²) >= 11 is 0. The van der Waals surface area contributed by atoms with Crippen molar-refractivity contribution in [3.05, 3.63) is 77.9 Å². The Bertz CT molecular complexity index is 1430. The van der Waals surface area contributed by atoms with Crippen LogP contribution in [0.25, 0.3) is 0 Å². The fourth-order valence-electron chi connectivity index (χ4n) is 3.87. The van der Waals surface area contributed by atoms with Gasteiger partial charge in [-0.25, -0.2) is 8.42 Å². The lowest BCUT2D eigenvalue weighted by atomic mass is 10.1. The third-order valence-corrected chi connectivity index (χ3v) is 7.42. The van der Waals surface area contributed by atoms with Gasteiger partial charge in [0.15, 0.2) is 17.6 Å². The number of hydrogen-bond donors (Lipinski definition) is 2. The van der Waals surface area contributed by atoms with Crippen LogP contribution in [0, 0.1) is 0 Å². The van der Waals surface area contributed by atoms with Gasteiger partial charge < -0.3 is 24.8 Å². The number of nitrogens with one attached hydrogen (secondary N) is 2. The van der Waals surface area contributed by atoms with Crippen LogP contribution in [-0.4, -0.2) is 60.4 Å². The Morgan fingerprint density at radius 3 is 2.25 bits per heavy atom. The van der Waals surface area contributed by atoms with Crippen LogP contribution in [-0.2, 0) is 21.2 Å². The van der Waals surface area contributed by atoms with Crippen LogP contribution in [0.5, 0.6) is 17.2 Å². The van der Waals surface area contributed by atoms with E-state index in [1.165, 1.54) is 7.05 Å². The highest BCUT2D eigenvalue weighted by Crippen LogP contribution is 2.27. The molecule has 0 aliphatic carbocycles. The topological polar surface area (TPSA) is 123 Å². The first-order valence-corrected chi connectivity index (χ1v) is 14.5. The zero-order valence-electron chi connectivity index (χ0n) is 23.3. The van der Waals surface area contributed by atoms with Gasteiger partial charge in [-0.1, -0.05) is 25.1 Å². The molecule has 0 saturated heterocycles.